The second-order valence-electron chi connectivity index (χ2n) is 7.61. The highest BCUT2D eigenvalue weighted by molar-refractivity contribution is 5.94. The van der Waals surface area contributed by atoms with Gasteiger partial charge in [0.1, 0.15) is 18.1 Å². The molecule has 0 aliphatic heterocycles. The normalized spacial score (nSPS) is 13.9. The molecule has 198 valence electrons. The van der Waals surface area contributed by atoms with E-state index in [1.54, 1.807) is 0 Å². The summed E-state index contributed by atoms with van der Waals surface area (Å²) in [7, 11) is 0. The number of guanidine groups is 1. The van der Waals surface area contributed by atoms with Gasteiger partial charge in [-0.05, 0) is 32.6 Å². The summed E-state index contributed by atoms with van der Waals surface area (Å²) in [5.41, 5.74) is 16.1. The van der Waals surface area contributed by atoms with Crippen LogP contribution in [0, 0.1) is 0 Å². The molecule has 0 spiro atoms. The van der Waals surface area contributed by atoms with Crippen molar-refractivity contribution in [1.29, 1.82) is 0 Å². The summed E-state index contributed by atoms with van der Waals surface area (Å²) in [5, 5.41) is 33.6. The molecular weight excluding hydrogens is 470 g/mol. The molecule has 3 amide bonds. The summed E-state index contributed by atoms with van der Waals surface area (Å²) in [6.45, 7) is 1.41. The van der Waals surface area contributed by atoms with E-state index >= 15 is 0 Å². The van der Waals surface area contributed by atoms with Gasteiger partial charge < -0.3 is 48.5 Å². The number of nitrogens with one attached hydrogen (secondary N) is 3. The van der Waals surface area contributed by atoms with Gasteiger partial charge >= 0.3 is 17.9 Å². The number of amides is 3. The fourth-order valence-electron chi connectivity index (χ4n) is 2.66. The van der Waals surface area contributed by atoms with E-state index in [0.29, 0.717) is 0 Å². The van der Waals surface area contributed by atoms with Crippen molar-refractivity contribution in [2.24, 2.45) is 22.2 Å². The molecule has 0 radical (unpaired) electrons. The van der Waals surface area contributed by atoms with Crippen LogP contribution in [0.5, 0.6) is 0 Å². The first kappa shape index (κ1) is 31.0. The van der Waals surface area contributed by atoms with Crippen LogP contribution in [0.2, 0.25) is 0 Å². The molecule has 0 bridgehead atoms. The first-order valence-electron chi connectivity index (χ1n) is 10.6. The molecule has 12 N–H and O–H groups in total. The van der Waals surface area contributed by atoms with Crippen molar-refractivity contribution < 1.29 is 44.1 Å². The third kappa shape index (κ3) is 14.0. The summed E-state index contributed by atoms with van der Waals surface area (Å²) in [6.07, 6.45) is -1.20. The average molecular weight is 504 g/mol. The predicted octanol–water partition coefficient (Wildman–Crippen LogP) is -3.34. The molecule has 0 saturated heterocycles. The molecule has 0 rings (SSSR count). The van der Waals surface area contributed by atoms with Crippen LogP contribution in [0.25, 0.3) is 0 Å². The number of aliphatic carboxylic acids is 3. The van der Waals surface area contributed by atoms with E-state index in [9.17, 15) is 33.9 Å². The Kier molecular flexibility index (Phi) is 14.0. The molecule has 0 aromatic carbocycles. The predicted molar refractivity (Wildman–Crippen MR) is 121 cm³/mol. The molecule has 0 aromatic heterocycles. The Morgan fingerprint density at radius 2 is 1.31 bits per heavy atom. The minimum atomic E-state index is -1.51. The maximum atomic E-state index is 12.7. The van der Waals surface area contributed by atoms with Gasteiger partial charge in [-0.15, -0.1) is 0 Å². The Balaban J connectivity index is 5.25. The SMILES string of the molecule is CC(NC(=O)C(N)CCC(=O)O)C(=O)NC(CCCN=C(N)N)C(=O)NC(CCC(=O)O)C(=O)O. The summed E-state index contributed by atoms with van der Waals surface area (Å²) in [5.74, 6) is -6.51. The summed E-state index contributed by atoms with van der Waals surface area (Å²) in [6, 6.07) is -5.12. The first-order valence-corrected chi connectivity index (χ1v) is 10.6. The van der Waals surface area contributed by atoms with E-state index in [1.165, 1.54) is 6.92 Å². The lowest BCUT2D eigenvalue weighted by molar-refractivity contribution is -0.143. The van der Waals surface area contributed by atoms with Crippen LogP contribution in [-0.2, 0) is 28.8 Å². The lowest BCUT2D eigenvalue weighted by Crippen LogP contribution is -2.56. The number of carboxylic acids is 3. The second-order valence-corrected chi connectivity index (χ2v) is 7.61. The van der Waals surface area contributed by atoms with Gasteiger partial charge in [0, 0.05) is 19.4 Å². The van der Waals surface area contributed by atoms with Gasteiger partial charge in [-0.2, -0.15) is 0 Å². The zero-order valence-corrected chi connectivity index (χ0v) is 19.2. The number of carbonyl (C=O) groups is 6. The van der Waals surface area contributed by atoms with Crippen molar-refractivity contribution in [2.45, 2.75) is 69.6 Å². The molecule has 0 saturated carbocycles. The minimum absolute atomic E-state index is 0.0155. The van der Waals surface area contributed by atoms with Crippen molar-refractivity contribution in [3.63, 3.8) is 0 Å². The lowest BCUT2D eigenvalue weighted by Gasteiger charge is -2.23. The van der Waals surface area contributed by atoms with Crippen molar-refractivity contribution in [3.05, 3.63) is 0 Å². The maximum Gasteiger partial charge on any atom is 0.326 e. The Morgan fingerprint density at radius 3 is 1.83 bits per heavy atom. The molecule has 0 aliphatic rings. The Bertz CT molecular complexity index is 814. The number of carbonyl (C=O) groups excluding carboxylic acids is 3. The van der Waals surface area contributed by atoms with Crippen LogP contribution in [0.15, 0.2) is 4.99 Å². The number of hydrogen-bond donors (Lipinski definition) is 9. The molecular formula is C19H33N7O9. The largest absolute Gasteiger partial charge is 0.481 e. The van der Waals surface area contributed by atoms with Gasteiger partial charge in [0.15, 0.2) is 5.96 Å². The van der Waals surface area contributed by atoms with E-state index < -0.39 is 66.2 Å². The summed E-state index contributed by atoms with van der Waals surface area (Å²) < 4.78 is 0. The fourth-order valence-corrected chi connectivity index (χ4v) is 2.66. The molecule has 0 aromatic rings. The van der Waals surface area contributed by atoms with Crippen LogP contribution in [0.4, 0.5) is 0 Å². The molecule has 35 heavy (non-hydrogen) atoms. The van der Waals surface area contributed by atoms with Crippen LogP contribution >= 0.6 is 0 Å². The highest BCUT2D eigenvalue weighted by atomic mass is 16.4. The number of hydrogen-bond acceptors (Lipinski definition) is 8. The first-order chi connectivity index (χ1) is 16.2. The third-order valence-corrected chi connectivity index (χ3v) is 4.60. The Hall–Kier alpha value is -3.95. The number of carboxylic acid groups (broad SMARTS) is 3. The monoisotopic (exact) mass is 503 g/mol. The van der Waals surface area contributed by atoms with Crippen LogP contribution < -0.4 is 33.2 Å². The van der Waals surface area contributed by atoms with Crippen LogP contribution in [0.1, 0.15) is 45.4 Å². The van der Waals surface area contributed by atoms with E-state index in [-0.39, 0.29) is 44.6 Å². The number of nitrogens with zero attached hydrogens (tertiary/aromatic N) is 1. The molecule has 16 heteroatoms. The number of aliphatic imine (C=N–C) groups is 1. The molecule has 4 atom stereocenters. The van der Waals surface area contributed by atoms with Crippen molar-refractivity contribution in [2.75, 3.05) is 6.54 Å². The minimum Gasteiger partial charge on any atom is -0.481 e. The molecule has 0 fully saturated rings. The highest BCUT2D eigenvalue weighted by Gasteiger charge is 2.29. The summed E-state index contributed by atoms with van der Waals surface area (Å²) in [4.78, 5) is 73.8. The average Bonchev–Trinajstić information content (AvgIpc) is 2.75. The summed E-state index contributed by atoms with van der Waals surface area (Å²) >= 11 is 0. The van der Waals surface area contributed by atoms with Crippen molar-refractivity contribution in [3.8, 4) is 0 Å². The quantitative estimate of drug-likeness (QED) is 0.0534. The van der Waals surface area contributed by atoms with Gasteiger partial charge in [-0.3, -0.25) is 29.0 Å². The van der Waals surface area contributed by atoms with Gasteiger partial charge in [0.25, 0.3) is 0 Å². The fraction of sp³-hybridized carbons (Fsp3) is 0.632. The smallest absolute Gasteiger partial charge is 0.326 e. The van der Waals surface area contributed by atoms with E-state index in [4.69, 9.17) is 27.4 Å². The highest BCUT2D eigenvalue weighted by Crippen LogP contribution is 2.04. The van der Waals surface area contributed by atoms with Gasteiger partial charge in [-0.25, -0.2) is 4.79 Å². The zero-order valence-electron chi connectivity index (χ0n) is 19.2. The van der Waals surface area contributed by atoms with E-state index in [2.05, 4.69) is 20.9 Å². The molecule has 0 aliphatic carbocycles. The number of rotatable bonds is 17. The van der Waals surface area contributed by atoms with E-state index in [0.717, 1.165) is 0 Å². The third-order valence-electron chi connectivity index (χ3n) is 4.60. The lowest BCUT2D eigenvalue weighted by atomic mass is 10.1. The van der Waals surface area contributed by atoms with Crippen LogP contribution in [0.3, 0.4) is 0 Å². The Labute approximate surface area is 200 Å². The molecule has 4 unspecified atom stereocenters. The van der Waals surface area contributed by atoms with Gasteiger partial charge in [-0.1, -0.05) is 0 Å². The topological polar surface area (TPSA) is 290 Å². The van der Waals surface area contributed by atoms with E-state index in [1.807, 2.05) is 0 Å². The maximum absolute atomic E-state index is 12.7. The second kappa shape index (κ2) is 15.8. The standard InChI is InChI=1S/C19H33N7O9/c1-9(24-16(32)10(20)4-6-13(27)28)15(31)25-11(3-2-8-23-19(21)22)17(33)26-12(18(34)35)5-7-14(29)30/h9-12H,2-8,20H2,1H3,(H,24,32)(H,25,31)(H,26,33)(H,27,28)(H,29,30)(H,34,35)(H4,21,22,23). The zero-order chi connectivity index (χ0) is 27.1. The molecule has 16 nitrogen and oxygen atoms in total. The molecule has 0 heterocycles. The van der Waals surface area contributed by atoms with Gasteiger partial charge in [0.2, 0.25) is 17.7 Å². The van der Waals surface area contributed by atoms with Crippen molar-refractivity contribution in [1.82, 2.24) is 16.0 Å². The van der Waals surface area contributed by atoms with Crippen LogP contribution in [-0.4, -0.2) is 87.6 Å². The Morgan fingerprint density at radius 1 is 0.771 bits per heavy atom. The number of nitrogens with two attached hydrogens (primary N) is 3. The van der Waals surface area contributed by atoms with Crippen molar-refractivity contribution >= 4 is 41.6 Å². The van der Waals surface area contributed by atoms with Gasteiger partial charge in [0.05, 0.1) is 6.04 Å².